The van der Waals surface area contributed by atoms with Crippen molar-refractivity contribution in [3.05, 3.63) is 47.5 Å². The van der Waals surface area contributed by atoms with Gasteiger partial charge in [0, 0.05) is 24.0 Å². The minimum Gasteiger partial charge on any atom is -0.507 e. The van der Waals surface area contributed by atoms with Gasteiger partial charge in [-0.1, -0.05) is 0 Å². The van der Waals surface area contributed by atoms with Crippen LogP contribution in [0.3, 0.4) is 0 Å². The molecule has 0 heterocycles. The summed E-state index contributed by atoms with van der Waals surface area (Å²) in [5.74, 6) is 0.325. The van der Waals surface area contributed by atoms with Crippen molar-refractivity contribution < 1.29 is 29.3 Å². The van der Waals surface area contributed by atoms with Gasteiger partial charge in [-0.25, -0.2) is 10.9 Å². The van der Waals surface area contributed by atoms with Crippen LogP contribution in [0.15, 0.2) is 46.6 Å². The summed E-state index contributed by atoms with van der Waals surface area (Å²) in [6.45, 7) is 0. The van der Waals surface area contributed by atoms with E-state index in [4.69, 9.17) is 9.47 Å². The molecule has 2 amide bonds. The lowest BCUT2D eigenvalue weighted by Gasteiger charge is -2.04. The number of nitrogens with zero attached hydrogens (tertiary/aromatic N) is 2. The van der Waals surface area contributed by atoms with Crippen LogP contribution in [0.2, 0.25) is 0 Å². The molecule has 0 aliphatic carbocycles. The zero-order valence-electron chi connectivity index (χ0n) is 17.2. The smallest absolute Gasteiger partial charge is 0.240 e. The van der Waals surface area contributed by atoms with Crippen molar-refractivity contribution in [3.63, 3.8) is 0 Å². The van der Waals surface area contributed by atoms with Crippen molar-refractivity contribution >= 4 is 24.2 Å². The zero-order chi connectivity index (χ0) is 22.6. The van der Waals surface area contributed by atoms with Gasteiger partial charge >= 0.3 is 0 Å². The minimum atomic E-state index is -0.378. The molecule has 0 unspecified atom stereocenters. The third kappa shape index (κ3) is 7.69. The van der Waals surface area contributed by atoms with Crippen LogP contribution in [0.25, 0.3) is 0 Å². The van der Waals surface area contributed by atoms with Gasteiger partial charge in [-0.2, -0.15) is 10.2 Å². The SMILES string of the molecule is COc1ccc(O)c(C=NNC(=O)CCCC(=O)NN=Cc2cc(OC)ccc2O)c1. The van der Waals surface area contributed by atoms with E-state index in [1.54, 1.807) is 24.3 Å². The second-order valence-corrected chi connectivity index (χ2v) is 6.29. The van der Waals surface area contributed by atoms with E-state index in [0.29, 0.717) is 22.6 Å². The summed E-state index contributed by atoms with van der Waals surface area (Å²) in [5.41, 5.74) is 5.43. The third-order valence-corrected chi connectivity index (χ3v) is 4.06. The summed E-state index contributed by atoms with van der Waals surface area (Å²) >= 11 is 0. The van der Waals surface area contributed by atoms with Crippen molar-refractivity contribution in [3.8, 4) is 23.0 Å². The van der Waals surface area contributed by atoms with Crippen LogP contribution in [-0.2, 0) is 9.59 Å². The summed E-state index contributed by atoms with van der Waals surface area (Å²) in [6.07, 6.45) is 3.04. The maximum atomic E-state index is 11.8. The molecule has 0 saturated carbocycles. The zero-order valence-corrected chi connectivity index (χ0v) is 17.2. The quantitative estimate of drug-likeness (QED) is 0.336. The van der Waals surface area contributed by atoms with Gasteiger partial charge in [-0.3, -0.25) is 9.59 Å². The van der Waals surface area contributed by atoms with Gasteiger partial charge in [0.1, 0.15) is 23.0 Å². The lowest BCUT2D eigenvalue weighted by molar-refractivity contribution is -0.122. The Balaban J connectivity index is 1.71. The first-order chi connectivity index (χ1) is 14.9. The van der Waals surface area contributed by atoms with E-state index >= 15 is 0 Å². The van der Waals surface area contributed by atoms with Crippen LogP contribution in [0.4, 0.5) is 0 Å². The molecule has 2 aromatic rings. The molecule has 0 atom stereocenters. The van der Waals surface area contributed by atoms with Crippen molar-refractivity contribution in [1.82, 2.24) is 10.9 Å². The Morgan fingerprint density at radius 2 is 1.26 bits per heavy atom. The molecule has 2 rings (SSSR count). The molecule has 0 spiro atoms. The van der Waals surface area contributed by atoms with Crippen LogP contribution < -0.4 is 20.3 Å². The van der Waals surface area contributed by atoms with Gasteiger partial charge in [-0.05, 0) is 42.8 Å². The normalized spacial score (nSPS) is 10.9. The largest absolute Gasteiger partial charge is 0.507 e. The second kappa shape index (κ2) is 11.8. The predicted molar refractivity (Wildman–Crippen MR) is 115 cm³/mol. The highest BCUT2D eigenvalue weighted by Gasteiger charge is 2.05. The monoisotopic (exact) mass is 428 g/mol. The number of rotatable bonds is 10. The van der Waals surface area contributed by atoms with Crippen LogP contribution in [0.5, 0.6) is 23.0 Å². The number of hydrogen-bond donors (Lipinski definition) is 4. The lowest BCUT2D eigenvalue weighted by atomic mass is 10.2. The average Bonchev–Trinajstić information content (AvgIpc) is 2.76. The van der Waals surface area contributed by atoms with Crippen molar-refractivity contribution in [2.75, 3.05) is 14.2 Å². The number of phenolic OH excluding ortho intramolecular Hbond substituents is 2. The Bertz CT molecular complexity index is 897. The number of aromatic hydroxyl groups is 2. The van der Waals surface area contributed by atoms with Gasteiger partial charge in [0.15, 0.2) is 0 Å². The number of phenols is 2. The molecule has 0 radical (unpaired) electrons. The maximum absolute atomic E-state index is 11.8. The topological polar surface area (TPSA) is 142 Å². The van der Waals surface area contributed by atoms with E-state index in [9.17, 15) is 19.8 Å². The summed E-state index contributed by atoms with van der Waals surface area (Å²) < 4.78 is 10.1. The number of carbonyl (C=O) groups excluding carboxylic acids is 2. The molecule has 164 valence electrons. The van der Waals surface area contributed by atoms with Crippen molar-refractivity contribution in [1.29, 1.82) is 0 Å². The molecule has 31 heavy (non-hydrogen) atoms. The van der Waals surface area contributed by atoms with Gasteiger partial charge in [0.25, 0.3) is 0 Å². The standard InChI is InChI=1S/C21H24N4O6/c1-30-16-6-8-18(26)14(10-16)12-22-24-20(28)4-3-5-21(29)25-23-13-15-11-17(31-2)7-9-19(15)27/h6-13,26-27H,3-5H2,1-2H3,(H,24,28)(H,25,29). The second-order valence-electron chi connectivity index (χ2n) is 6.29. The lowest BCUT2D eigenvalue weighted by Crippen LogP contribution is -2.20. The number of nitrogens with one attached hydrogen (secondary N) is 2. The van der Waals surface area contributed by atoms with E-state index in [1.165, 1.54) is 38.8 Å². The fourth-order valence-corrected chi connectivity index (χ4v) is 2.39. The molecule has 0 fully saturated rings. The highest BCUT2D eigenvalue weighted by atomic mass is 16.5. The molecule has 2 aromatic carbocycles. The van der Waals surface area contributed by atoms with Gasteiger partial charge in [0.05, 0.1) is 26.6 Å². The molecule has 4 N–H and O–H groups in total. The van der Waals surface area contributed by atoms with Gasteiger partial charge in [-0.15, -0.1) is 0 Å². The van der Waals surface area contributed by atoms with Crippen LogP contribution in [0, 0.1) is 0 Å². The molecule has 10 nitrogen and oxygen atoms in total. The Labute approximate surface area is 179 Å². The Hall–Kier alpha value is -4.08. The molecule has 10 heteroatoms. The Kier molecular flexibility index (Phi) is 8.84. The van der Waals surface area contributed by atoms with Crippen molar-refractivity contribution in [2.24, 2.45) is 10.2 Å². The number of methoxy groups -OCH3 is 2. The van der Waals surface area contributed by atoms with Crippen molar-refractivity contribution in [2.45, 2.75) is 19.3 Å². The maximum Gasteiger partial charge on any atom is 0.240 e. The summed E-state index contributed by atoms with van der Waals surface area (Å²) in [5, 5.41) is 27.1. The average molecular weight is 428 g/mol. The molecular formula is C21H24N4O6. The van der Waals surface area contributed by atoms with E-state index in [0.717, 1.165) is 0 Å². The number of hydrazone groups is 2. The van der Waals surface area contributed by atoms with Gasteiger partial charge < -0.3 is 19.7 Å². The molecule has 0 bridgehead atoms. The fraction of sp³-hybridized carbons (Fsp3) is 0.238. The number of hydrogen-bond acceptors (Lipinski definition) is 8. The van der Waals surface area contributed by atoms with E-state index in [-0.39, 0.29) is 42.6 Å². The molecule has 0 saturated heterocycles. The minimum absolute atomic E-state index is 0.00158. The predicted octanol–water partition coefficient (Wildman–Crippen LogP) is 1.89. The van der Waals surface area contributed by atoms with Crippen LogP contribution >= 0.6 is 0 Å². The first kappa shape index (κ1) is 23.2. The molecule has 0 aliphatic rings. The van der Waals surface area contributed by atoms with Gasteiger partial charge in [0.2, 0.25) is 11.8 Å². The van der Waals surface area contributed by atoms with E-state index in [1.807, 2.05) is 0 Å². The first-order valence-corrected chi connectivity index (χ1v) is 9.30. The molecule has 0 aromatic heterocycles. The van der Waals surface area contributed by atoms with E-state index < -0.39 is 0 Å². The summed E-state index contributed by atoms with van der Waals surface area (Å²) in [6, 6.07) is 9.25. The molecular weight excluding hydrogens is 404 g/mol. The summed E-state index contributed by atoms with van der Waals surface area (Å²) in [4.78, 5) is 23.6. The number of benzene rings is 2. The van der Waals surface area contributed by atoms with E-state index in [2.05, 4.69) is 21.1 Å². The Morgan fingerprint density at radius 1 is 0.839 bits per heavy atom. The number of carbonyl (C=O) groups is 2. The van der Waals surface area contributed by atoms with Crippen LogP contribution in [-0.4, -0.2) is 48.7 Å². The Morgan fingerprint density at radius 3 is 1.65 bits per heavy atom. The first-order valence-electron chi connectivity index (χ1n) is 9.30. The third-order valence-electron chi connectivity index (χ3n) is 4.06. The highest BCUT2D eigenvalue weighted by molar-refractivity contribution is 5.86. The van der Waals surface area contributed by atoms with Crippen LogP contribution in [0.1, 0.15) is 30.4 Å². The highest BCUT2D eigenvalue weighted by Crippen LogP contribution is 2.21. The fourth-order valence-electron chi connectivity index (χ4n) is 2.39. The number of amides is 2. The number of ether oxygens (including phenoxy) is 2. The molecule has 0 aliphatic heterocycles. The summed E-state index contributed by atoms with van der Waals surface area (Å²) in [7, 11) is 3.00.